The molecule has 1 N–H and O–H groups in total. The quantitative estimate of drug-likeness (QED) is 0.723. The Morgan fingerprint density at radius 2 is 1.85 bits per heavy atom. The van der Waals surface area contributed by atoms with Crippen molar-refractivity contribution in [3.63, 3.8) is 0 Å². The number of carbonyl (C=O) groups excluding carboxylic acids is 1. The molecule has 0 aromatic heterocycles. The monoisotopic (exact) mass is 367 g/mol. The number of aryl methyl sites for hydroxylation is 1. The molecule has 0 saturated carbocycles. The van der Waals surface area contributed by atoms with Crippen LogP contribution >= 0.6 is 0 Å². The Balaban J connectivity index is 2.15. The van der Waals surface area contributed by atoms with Crippen molar-refractivity contribution in [3.05, 3.63) is 59.2 Å². The van der Waals surface area contributed by atoms with Crippen molar-refractivity contribution in [2.24, 2.45) is 0 Å². The number of amides is 1. The molecule has 0 spiro atoms. The number of para-hydroxylation sites is 1. The molecule has 26 heavy (non-hydrogen) atoms. The molecule has 2 aromatic rings. The number of alkyl halides is 3. The minimum atomic E-state index is -4.48. The van der Waals surface area contributed by atoms with Crippen LogP contribution in [-0.2, 0) is 10.9 Å². The zero-order chi connectivity index (χ0) is 19.2. The third-order valence-corrected chi connectivity index (χ3v) is 3.62. The molecule has 0 saturated heterocycles. The van der Waals surface area contributed by atoms with E-state index in [1.54, 1.807) is 24.3 Å². The molecule has 2 rings (SSSR count). The zero-order valence-electron chi connectivity index (χ0n) is 14.5. The molecule has 0 heterocycles. The van der Waals surface area contributed by atoms with E-state index in [-0.39, 0.29) is 23.4 Å². The molecule has 0 radical (unpaired) electrons. The molecule has 4 nitrogen and oxygen atoms in total. The Morgan fingerprint density at radius 3 is 2.54 bits per heavy atom. The first-order valence-corrected chi connectivity index (χ1v) is 8.11. The first-order chi connectivity index (χ1) is 12.3. The Labute approximate surface area is 149 Å². The van der Waals surface area contributed by atoms with Crippen LogP contribution in [0.25, 0.3) is 0 Å². The summed E-state index contributed by atoms with van der Waals surface area (Å²) in [6, 6.07) is 10.2. The first-order valence-electron chi connectivity index (χ1n) is 8.11. The topological polar surface area (TPSA) is 47.6 Å². The lowest BCUT2D eigenvalue weighted by Crippen LogP contribution is -2.16. The zero-order valence-corrected chi connectivity index (χ0v) is 14.5. The lowest BCUT2D eigenvalue weighted by Gasteiger charge is -2.14. The number of nitrogens with one attached hydrogen (secondary N) is 1. The van der Waals surface area contributed by atoms with Crippen LogP contribution in [0.5, 0.6) is 5.75 Å². The summed E-state index contributed by atoms with van der Waals surface area (Å²) in [5, 5.41) is 2.49. The predicted octanol–water partition coefficient (Wildman–Crippen LogP) is 4.68. The van der Waals surface area contributed by atoms with Crippen LogP contribution in [0.3, 0.4) is 0 Å². The van der Waals surface area contributed by atoms with Crippen LogP contribution in [-0.4, -0.2) is 25.7 Å². The van der Waals surface area contributed by atoms with Gasteiger partial charge in [0.1, 0.15) is 12.4 Å². The fourth-order valence-electron chi connectivity index (χ4n) is 2.34. The second-order valence-electron chi connectivity index (χ2n) is 5.52. The number of halogens is 3. The van der Waals surface area contributed by atoms with Crippen molar-refractivity contribution in [1.82, 2.24) is 0 Å². The maximum absolute atomic E-state index is 13.0. The standard InChI is InChI=1S/C19H20F3NO3/c1-3-25-10-11-26-17-7-5-4-6-15(17)18(24)23-14-9-8-13(2)16(12-14)19(20,21)22/h4-9,12H,3,10-11H2,1-2H3,(H,23,24). The summed E-state index contributed by atoms with van der Waals surface area (Å²) in [7, 11) is 0. The van der Waals surface area contributed by atoms with Gasteiger partial charge in [0.05, 0.1) is 17.7 Å². The van der Waals surface area contributed by atoms with Crippen LogP contribution < -0.4 is 10.1 Å². The van der Waals surface area contributed by atoms with Gasteiger partial charge in [-0.15, -0.1) is 0 Å². The van der Waals surface area contributed by atoms with Gasteiger partial charge in [0, 0.05) is 12.3 Å². The number of hydrogen-bond acceptors (Lipinski definition) is 3. The highest BCUT2D eigenvalue weighted by molar-refractivity contribution is 6.06. The van der Waals surface area contributed by atoms with Crippen molar-refractivity contribution in [3.8, 4) is 5.75 Å². The number of benzene rings is 2. The molecular formula is C19H20F3NO3. The van der Waals surface area contributed by atoms with E-state index in [2.05, 4.69) is 5.32 Å². The Hall–Kier alpha value is -2.54. The summed E-state index contributed by atoms with van der Waals surface area (Å²) in [5.41, 5.74) is -0.387. The van der Waals surface area contributed by atoms with E-state index >= 15 is 0 Å². The Bertz CT molecular complexity index is 760. The molecule has 2 aromatic carbocycles. The number of hydrogen-bond donors (Lipinski definition) is 1. The van der Waals surface area contributed by atoms with Crippen molar-refractivity contribution in [2.75, 3.05) is 25.1 Å². The normalized spacial score (nSPS) is 11.3. The molecule has 1 amide bonds. The van der Waals surface area contributed by atoms with Gasteiger partial charge in [-0.05, 0) is 43.7 Å². The van der Waals surface area contributed by atoms with E-state index in [4.69, 9.17) is 9.47 Å². The number of carbonyl (C=O) groups is 1. The smallest absolute Gasteiger partial charge is 0.416 e. The Kier molecular flexibility index (Phi) is 6.63. The summed E-state index contributed by atoms with van der Waals surface area (Å²) < 4.78 is 49.7. The van der Waals surface area contributed by atoms with Crippen molar-refractivity contribution >= 4 is 11.6 Å². The van der Waals surface area contributed by atoms with Crippen molar-refractivity contribution in [1.29, 1.82) is 0 Å². The van der Waals surface area contributed by atoms with E-state index in [1.807, 2.05) is 6.92 Å². The maximum atomic E-state index is 13.0. The largest absolute Gasteiger partial charge is 0.490 e. The first kappa shape index (κ1) is 19.8. The molecule has 0 atom stereocenters. The number of ether oxygens (including phenoxy) is 2. The number of anilines is 1. The highest BCUT2D eigenvalue weighted by Gasteiger charge is 2.32. The van der Waals surface area contributed by atoms with Gasteiger partial charge in [0.15, 0.2) is 0 Å². The van der Waals surface area contributed by atoms with Crippen LogP contribution in [0.15, 0.2) is 42.5 Å². The van der Waals surface area contributed by atoms with E-state index < -0.39 is 17.6 Å². The summed E-state index contributed by atoms with van der Waals surface area (Å²) in [6.45, 7) is 4.43. The average Bonchev–Trinajstić information content (AvgIpc) is 2.59. The van der Waals surface area contributed by atoms with Crippen LogP contribution in [0.4, 0.5) is 18.9 Å². The second-order valence-corrected chi connectivity index (χ2v) is 5.52. The maximum Gasteiger partial charge on any atom is 0.416 e. The van der Waals surface area contributed by atoms with Crippen LogP contribution in [0, 0.1) is 6.92 Å². The molecule has 0 fully saturated rings. The van der Waals surface area contributed by atoms with Crippen LogP contribution in [0.2, 0.25) is 0 Å². The second kappa shape index (κ2) is 8.71. The van der Waals surface area contributed by atoms with E-state index in [1.165, 1.54) is 19.1 Å². The van der Waals surface area contributed by atoms with E-state index in [0.29, 0.717) is 19.0 Å². The van der Waals surface area contributed by atoms with Gasteiger partial charge in [-0.25, -0.2) is 0 Å². The van der Waals surface area contributed by atoms with E-state index in [0.717, 1.165) is 6.07 Å². The highest BCUT2D eigenvalue weighted by atomic mass is 19.4. The molecular weight excluding hydrogens is 347 g/mol. The fraction of sp³-hybridized carbons (Fsp3) is 0.316. The van der Waals surface area contributed by atoms with Gasteiger partial charge >= 0.3 is 6.18 Å². The molecule has 0 aliphatic heterocycles. The lowest BCUT2D eigenvalue weighted by molar-refractivity contribution is -0.138. The third-order valence-electron chi connectivity index (χ3n) is 3.62. The Morgan fingerprint density at radius 1 is 1.12 bits per heavy atom. The minimum Gasteiger partial charge on any atom is -0.490 e. The summed E-state index contributed by atoms with van der Waals surface area (Å²) in [6.07, 6.45) is -4.48. The predicted molar refractivity (Wildman–Crippen MR) is 92.6 cm³/mol. The van der Waals surface area contributed by atoms with E-state index in [9.17, 15) is 18.0 Å². The van der Waals surface area contributed by atoms with Gasteiger partial charge in [-0.3, -0.25) is 4.79 Å². The van der Waals surface area contributed by atoms with Gasteiger partial charge in [-0.1, -0.05) is 18.2 Å². The lowest BCUT2D eigenvalue weighted by atomic mass is 10.1. The van der Waals surface area contributed by atoms with Crippen molar-refractivity contribution < 1.29 is 27.4 Å². The summed E-state index contributed by atoms with van der Waals surface area (Å²) in [5.74, 6) is -0.207. The minimum absolute atomic E-state index is 0.0667. The molecule has 7 heteroatoms. The van der Waals surface area contributed by atoms with Gasteiger partial charge < -0.3 is 14.8 Å². The van der Waals surface area contributed by atoms with Crippen LogP contribution in [0.1, 0.15) is 28.4 Å². The molecule has 0 aliphatic carbocycles. The molecule has 0 unspecified atom stereocenters. The summed E-state index contributed by atoms with van der Waals surface area (Å²) in [4.78, 5) is 12.5. The van der Waals surface area contributed by atoms with Gasteiger partial charge in [-0.2, -0.15) is 13.2 Å². The highest BCUT2D eigenvalue weighted by Crippen LogP contribution is 2.33. The molecule has 140 valence electrons. The SMILES string of the molecule is CCOCCOc1ccccc1C(=O)Nc1ccc(C)c(C(F)(F)F)c1. The number of rotatable bonds is 7. The molecule has 0 aliphatic rings. The van der Waals surface area contributed by atoms with Gasteiger partial charge in [0.2, 0.25) is 0 Å². The summed E-state index contributed by atoms with van der Waals surface area (Å²) >= 11 is 0. The fourth-order valence-corrected chi connectivity index (χ4v) is 2.34. The van der Waals surface area contributed by atoms with Gasteiger partial charge in [0.25, 0.3) is 5.91 Å². The van der Waals surface area contributed by atoms with Crippen molar-refractivity contribution in [2.45, 2.75) is 20.0 Å². The average molecular weight is 367 g/mol. The third kappa shape index (κ3) is 5.23. The molecule has 0 bridgehead atoms.